The van der Waals surface area contributed by atoms with Crippen LogP contribution in [0.15, 0.2) is 42.7 Å². The fourth-order valence-electron chi connectivity index (χ4n) is 3.80. The first-order valence-corrected chi connectivity index (χ1v) is 10.6. The second-order valence-electron chi connectivity index (χ2n) is 8.84. The minimum atomic E-state index is -0.466. The summed E-state index contributed by atoms with van der Waals surface area (Å²) < 4.78 is 10.9. The third-order valence-corrected chi connectivity index (χ3v) is 5.30. The van der Waals surface area contributed by atoms with Crippen molar-refractivity contribution in [3.63, 3.8) is 0 Å². The molecule has 1 aromatic heterocycles. The van der Waals surface area contributed by atoms with Gasteiger partial charge in [0.15, 0.2) is 0 Å². The summed E-state index contributed by atoms with van der Waals surface area (Å²) in [6.07, 6.45) is 7.27. The van der Waals surface area contributed by atoms with Crippen LogP contribution in [-0.4, -0.2) is 35.9 Å². The number of hydrogen-bond acceptors (Lipinski definition) is 5. The first-order chi connectivity index (χ1) is 14.3. The highest BCUT2D eigenvalue weighted by atomic mass is 16.6. The molecule has 0 aliphatic heterocycles. The molecule has 0 atom stereocenters. The second kappa shape index (κ2) is 9.94. The number of methoxy groups -OCH3 is 1. The maximum Gasteiger partial charge on any atom is 0.407 e. The Kier molecular flexibility index (Phi) is 7.32. The third-order valence-electron chi connectivity index (χ3n) is 5.30. The lowest BCUT2D eigenvalue weighted by Crippen LogP contribution is -2.43. The number of amides is 1. The van der Waals surface area contributed by atoms with Crippen molar-refractivity contribution >= 4 is 6.09 Å². The Morgan fingerprint density at radius 2 is 1.83 bits per heavy atom. The molecule has 30 heavy (non-hydrogen) atoms. The molecule has 0 spiro atoms. The normalized spacial score (nSPS) is 19.2. The van der Waals surface area contributed by atoms with Crippen molar-refractivity contribution in [2.75, 3.05) is 7.11 Å². The molecular formula is C24H33N3O3. The Hall–Kier alpha value is -2.60. The van der Waals surface area contributed by atoms with Gasteiger partial charge in [0.25, 0.3) is 0 Å². The summed E-state index contributed by atoms with van der Waals surface area (Å²) in [5, 5.41) is 6.66. The zero-order valence-corrected chi connectivity index (χ0v) is 18.4. The molecule has 2 aromatic rings. The van der Waals surface area contributed by atoms with E-state index in [1.54, 1.807) is 13.3 Å². The van der Waals surface area contributed by atoms with E-state index in [1.165, 1.54) is 0 Å². The van der Waals surface area contributed by atoms with Crippen LogP contribution in [0.25, 0.3) is 11.1 Å². The Morgan fingerprint density at radius 1 is 1.10 bits per heavy atom. The topological polar surface area (TPSA) is 72.5 Å². The predicted molar refractivity (Wildman–Crippen MR) is 118 cm³/mol. The van der Waals surface area contributed by atoms with Gasteiger partial charge in [-0.05, 0) is 70.2 Å². The maximum atomic E-state index is 12.0. The van der Waals surface area contributed by atoms with Crippen molar-refractivity contribution in [2.45, 2.75) is 70.7 Å². The molecule has 1 amide bonds. The van der Waals surface area contributed by atoms with Crippen LogP contribution in [0.4, 0.5) is 4.79 Å². The minimum absolute atomic E-state index is 0.182. The summed E-state index contributed by atoms with van der Waals surface area (Å²) in [6.45, 7) is 6.38. The highest BCUT2D eigenvalue weighted by molar-refractivity contribution is 5.68. The summed E-state index contributed by atoms with van der Waals surface area (Å²) in [4.78, 5) is 16.2. The minimum Gasteiger partial charge on any atom is -0.496 e. The Bertz CT molecular complexity index is 825. The number of carbonyl (C=O) groups excluding carboxylic acids is 1. The molecule has 2 N–H and O–H groups in total. The van der Waals surface area contributed by atoms with Crippen LogP contribution in [0, 0.1) is 0 Å². The quantitative estimate of drug-likeness (QED) is 0.722. The van der Waals surface area contributed by atoms with Gasteiger partial charge in [-0.2, -0.15) is 0 Å². The van der Waals surface area contributed by atoms with Gasteiger partial charge in [0.05, 0.1) is 7.11 Å². The van der Waals surface area contributed by atoms with E-state index in [0.29, 0.717) is 6.04 Å². The molecule has 6 heteroatoms. The average molecular weight is 412 g/mol. The lowest BCUT2D eigenvalue weighted by atomic mass is 9.91. The molecule has 1 aliphatic carbocycles. The van der Waals surface area contributed by atoms with Gasteiger partial charge in [0.2, 0.25) is 0 Å². The lowest BCUT2D eigenvalue weighted by Gasteiger charge is -2.30. The van der Waals surface area contributed by atoms with E-state index >= 15 is 0 Å². The molecule has 162 valence electrons. The Morgan fingerprint density at radius 3 is 2.47 bits per heavy atom. The number of nitrogens with one attached hydrogen (secondary N) is 2. The molecule has 0 bridgehead atoms. The molecule has 1 aromatic carbocycles. The van der Waals surface area contributed by atoms with Crippen molar-refractivity contribution in [1.82, 2.24) is 15.6 Å². The van der Waals surface area contributed by atoms with Crippen molar-refractivity contribution in [2.24, 2.45) is 0 Å². The van der Waals surface area contributed by atoms with Gasteiger partial charge in [-0.3, -0.25) is 4.98 Å². The van der Waals surface area contributed by atoms with E-state index in [4.69, 9.17) is 9.47 Å². The Balaban J connectivity index is 1.52. The third kappa shape index (κ3) is 6.46. The van der Waals surface area contributed by atoms with Crippen LogP contribution in [0.5, 0.6) is 5.75 Å². The summed E-state index contributed by atoms with van der Waals surface area (Å²) in [6, 6.07) is 10.9. The summed E-state index contributed by atoms with van der Waals surface area (Å²) in [7, 11) is 1.70. The average Bonchev–Trinajstić information content (AvgIpc) is 2.72. The van der Waals surface area contributed by atoms with Gasteiger partial charge in [0.1, 0.15) is 11.4 Å². The summed E-state index contributed by atoms with van der Waals surface area (Å²) in [5.74, 6) is 0.885. The molecule has 0 radical (unpaired) electrons. The molecule has 6 nitrogen and oxygen atoms in total. The lowest BCUT2D eigenvalue weighted by molar-refractivity contribution is 0.0489. The van der Waals surface area contributed by atoms with E-state index in [1.807, 2.05) is 39.1 Å². The fraction of sp³-hybridized carbons (Fsp3) is 0.500. The van der Waals surface area contributed by atoms with Gasteiger partial charge in [-0.25, -0.2) is 4.79 Å². The zero-order chi connectivity index (χ0) is 21.6. The number of nitrogens with zero attached hydrogens (tertiary/aromatic N) is 1. The largest absolute Gasteiger partial charge is 0.496 e. The van der Waals surface area contributed by atoms with Gasteiger partial charge < -0.3 is 20.1 Å². The number of benzene rings is 1. The maximum absolute atomic E-state index is 12.0. The Labute approximate surface area is 179 Å². The van der Waals surface area contributed by atoms with Gasteiger partial charge in [0, 0.05) is 42.1 Å². The standard InChI is InChI=1S/C24H33N3O3/c1-24(2,3)30-23(28)27-21-10-8-20(9-11-21)26-16-19-14-17(7-12-22(19)29-4)18-6-5-13-25-15-18/h5-7,12-15,20-21,26H,8-11,16H2,1-4H3,(H,27,28). The highest BCUT2D eigenvalue weighted by Crippen LogP contribution is 2.27. The molecule has 3 rings (SSSR count). The SMILES string of the molecule is COc1ccc(-c2cccnc2)cc1CNC1CCC(NC(=O)OC(C)(C)C)CC1. The fourth-order valence-corrected chi connectivity index (χ4v) is 3.80. The smallest absolute Gasteiger partial charge is 0.407 e. The van der Waals surface area contributed by atoms with E-state index in [2.05, 4.69) is 33.8 Å². The number of pyridine rings is 1. The summed E-state index contributed by atoms with van der Waals surface area (Å²) >= 11 is 0. The first-order valence-electron chi connectivity index (χ1n) is 10.6. The van der Waals surface area contributed by atoms with Gasteiger partial charge >= 0.3 is 6.09 Å². The van der Waals surface area contributed by atoms with Crippen LogP contribution < -0.4 is 15.4 Å². The predicted octanol–water partition coefficient (Wildman–Crippen LogP) is 4.68. The van der Waals surface area contributed by atoms with Crippen LogP contribution in [0.3, 0.4) is 0 Å². The van der Waals surface area contributed by atoms with E-state index in [-0.39, 0.29) is 12.1 Å². The molecule has 1 saturated carbocycles. The molecule has 0 unspecified atom stereocenters. The molecule has 1 aliphatic rings. The molecular weight excluding hydrogens is 378 g/mol. The molecule has 1 heterocycles. The number of ether oxygens (including phenoxy) is 2. The monoisotopic (exact) mass is 411 g/mol. The van der Waals surface area contributed by atoms with Gasteiger partial charge in [-0.15, -0.1) is 0 Å². The molecule has 1 fully saturated rings. The van der Waals surface area contributed by atoms with Crippen molar-refractivity contribution in [3.8, 4) is 16.9 Å². The number of rotatable bonds is 6. The van der Waals surface area contributed by atoms with E-state index in [9.17, 15) is 4.79 Å². The second-order valence-corrected chi connectivity index (χ2v) is 8.84. The molecule has 0 saturated heterocycles. The van der Waals surface area contributed by atoms with Crippen molar-refractivity contribution in [3.05, 3.63) is 48.3 Å². The highest BCUT2D eigenvalue weighted by Gasteiger charge is 2.24. The van der Waals surface area contributed by atoms with Crippen LogP contribution in [-0.2, 0) is 11.3 Å². The van der Waals surface area contributed by atoms with Crippen LogP contribution in [0.1, 0.15) is 52.0 Å². The van der Waals surface area contributed by atoms with Gasteiger partial charge in [-0.1, -0.05) is 12.1 Å². The van der Waals surface area contributed by atoms with Crippen molar-refractivity contribution in [1.29, 1.82) is 0 Å². The number of hydrogen-bond donors (Lipinski definition) is 2. The zero-order valence-electron chi connectivity index (χ0n) is 18.4. The number of carbonyl (C=O) groups is 1. The van der Waals surface area contributed by atoms with E-state index < -0.39 is 5.60 Å². The van der Waals surface area contributed by atoms with Crippen LogP contribution >= 0.6 is 0 Å². The van der Waals surface area contributed by atoms with E-state index in [0.717, 1.165) is 54.7 Å². The number of alkyl carbamates (subject to hydrolysis) is 1. The van der Waals surface area contributed by atoms with Crippen LogP contribution in [0.2, 0.25) is 0 Å². The first kappa shape index (κ1) is 22.1. The summed E-state index contributed by atoms with van der Waals surface area (Å²) in [5.41, 5.74) is 2.89. The van der Waals surface area contributed by atoms with Crippen molar-refractivity contribution < 1.29 is 14.3 Å². The number of aromatic nitrogens is 1.